The first-order valence-corrected chi connectivity index (χ1v) is 7.67. The highest BCUT2D eigenvalue weighted by Gasteiger charge is 2.12. The van der Waals surface area contributed by atoms with Crippen LogP contribution in [0.25, 0.3) is 10.9 Å². The Balaban J connectivity index is 1.75. The van der Waals surface area contributed by atoms with Crippen LogP contribution in [0.1, 0.15) is 6.92 Å². The normalized spacial score (nSPS) is 11.8. The van der Waals surface area contributed by atoms with Crippen molar-refractivity contribution in [2.24, 2.45) is 0 Å². The van der Waals surface area contributed by atoms with E-state index in [-0.39, 0.29) is 0 Å². The Bertz CT molecular complexity index is 892. The number of rotatable bonds is 6. The SMILES string of the molecule is COc1ccc2ccc(Oc3ccc(O[C@@H](C)C(=O)O)cc3)nc2c1. The highest BCUT2D eigenvalue weighted by Crippen LogP contribution is 2.26. The second kappa shape index (κ2) is 7.09. The number of aliphatic carboxylic acids is 1. The predicted molar refractivity (Wildman–Crippen MR) is 92.5 cm³/mol. The minimum atomic E-state index is -1.02. The van der Waals surface area contributed by atoms with Crippen molar-refractivity contribution in [2.45, 2.75) is 13.0 Å². The number of carboxylic acids is 1. The molecule has 1 aromatic heterocycles. The number of carbonyl (C=O) groups is 1. The summed E-state index contributed by atoms with van der Waals surface area (Å²) >= 11 is 0. The van der Waals surface area contributed by atoms with Crippen molar-refractivity contribution in [1.29, 1.82) is 0 Å². The molecule has 0 spiro atoms. The molecular weight excluding hydrogens is 322 g/mol. The summed E-state index contributed by atoms with van der Waals surface area (Å²) in [6, 6.07) is 16.0. The molecule has 128 valence electrons. The van der Waals surface area contributed by atoms with Gasteiger partial charge in [0.05, 0.1) is 12.6 Å². The smallest absolute Gasteiger partial charge is 0.344 e. The van der Waals surface area contributed by atoms with Crippen molar-refractivity contribution >= 4 is 16.9 Å². The number of benzene rings is 2. The van der Waals surface area contributed by atoms with Crippen LogP contribution in [0.5, 0.6) is 23.1 Å². The first kappa shape index (κ1) is 16.6. The third-order valence-electron chi connectivity index (χ3n) is 3.58. The number of pyridine rings is 1. The van der Waals surface area contributed by atoms with Gasteiger partial charge in [0.2, 0.25) is 5.88 Å². The molecule has 6 heteroatoms. The molecule has 25 heavy (non-hydrogen) atoms. The zero-order chi connectivity index (χ0) is 17.8. The molecule has 0 unspecified atom stereocenters. The molecule has 0 saturated heterocycles. The standard InChI is InChI=1S/C19H17NO5/c1-12(19(21)22)24-14-6-8-15(9-7-14)25-18-10-4-13-3-5-16(23-2)11-17(13)20-18/h3-12H,1-2H3,(H,21,22)/t12-/m0/s1. The zero-order valence-electron chi connectivity index (χ0n) is 13.8. The molecule has 0 radical (unpaired) electrons. The Morgan fingerprint density at radius 2 is 1.64 bits per heavy atom. The van der Waals surface area contributed by atoms with Gasteiger partial charge in [-0.1, -0.05) is 0 Å². The van der Waals surface area contributed by atoms with Gasteiger partial charge in [0.1, 0.15) is 17.2 Å². The summed E-state index contributed by atoms with van der Waals surface area (Å²) in [7, 11) is 1.61. The van der Waals surface area contributed by atoms with Crippen LogP contribution in [0.3, 0.4) is 0 Å². The molecule has 2 aromatic carbocycles. The molecule has 3 aromatic rings. The fourth-order valence-electron chi connectivity index (χ4n) is 2.22. The minimum Gasteiger partial charge on any atom is -0.497 e. The Morgan fingerprint density at radius 1 is 1.00 bits per heavy atom. The van der Waals surface area contributed by atoms with Gasteiger partial charge in [0, 0.05) is 17.5 Å². The lowest BCUT2D eigenvalue weighted by Gasteiger charge is -2.11. The Labute approximate surface area is 144 Å². The summed E-state index contributed by atoms with van der Waals surface area (Å²) in [4.78, 5) is 15.3. The third kappa shape index (κ3) is 3.98. The van der Waals surface area contributed by atoms with Crippen molar-refractivity contribution in [3.63, 3.8) is 0 Å². The number of hydrogen-bond acceptors (Lipinski definition) is 5. The van der Waals surface area contributed by atoms with Crippen molar-refractivity contribution in [1.82, 2.24) is 4.98 Å². The highest BCUT2D eigenvalue weighted by atomic mass is 16.5. The number of carboxylic acid groups (broad SMARTS) is 1. The molecule has 0 amide bonds. The van der Waals surface area contributed by atoms with E-state index in [4.69, 9.17) is 19.3 Å². The van der Waals surface area contributed by atoms with Crippen molar-refractivity contribution in [2.75, 3.05) is 7.11 Å². The van der Waals surface area contributed by atoms with Gasteiger partial charge in [-0.15, -0.1) is 0 Å². The second-order valence-electron chi connectivity index (χ2n) is 5.38. The minimum absolute atomic E-state index is 0.452. The maximum atomic E-state index is 10.8. The lowest BCUT2D eigenvalue weighted by molar-refractivity contribution is -0.144. The quantitative estimate of drug-likeness (QED) is 0.734. The maximum absolute atomic E-state index is 10.8. The Hall–Kier alpha value is -3.28. The number of ether oxygens (including phenoxy) is 3. The zero-order valence-corrected chi connectivity index (χ0v) is 13.8. The van der Waals surface area contributed by atoms with Crippen molar-refractivity contribution in [3.05, 3.63) is 54.6 Å². The van der Waals surface area contributed by atoms with Crippen molar-refractivity contribution in [3.8, 4) is 23.1 Å². The summed E-state index contributed by atoms with van der Waals surface area (Å²) < 4.78 is 16.2. The summed E-state index contributed by atoms with van der Waals surface area (Å²) in [5.74, 6) is 1.19. The Morgan fingerprint density at radius 3 is 2.32 bits per heavy atom. The molecule has 0 saturated carbocycles. The average Bonchev–Trinajstić information content (AvgIpc) is 2.62. The molecule has 1 atom stereocenters. The number of fused-ring (bicyclic) bond motifs is 1. The van der Waals surface area contributed by atoms with E-state index < -0.39 is 12.1 Å². The van der Waals surface area contributed by atoms with Gasteiger partial charge in [0.25, 0.3) is 0 Å². The van der Waals surface area contributed by atoms with Crippen LogP contribution >= 0.6 is 0 Å². The van der Waals surface area contributed by atoms with Gasteiger partial charge >= 0.3 is 5.97 Å². The monoisotopic (exact) mass is 339 g/mol. The molecule has 0 aliphatic rings. The van der Waals surface area contributed by atoms with Gasteiger partial charge in [-0.3, -0.25) is 0 Å². The van der Waals surface area contributed by atoms with E-state index in [1.807, 2.05) is 24.3 Å². The molecule has 0 aliphatic heterocycles. The second-order valence-corrected chi connectivity index (χ2v) is 5.38. The van der Waals surface area contributed by atoms with Crippen LogP contribution in [0, 0.1) is 0 Å². The molecular formula is C19H17NO5. The first-order valence-electron chi connectivity index (χ1n) is 7.67. The summed E-state index contributed by atoms with van der Waals surface area (Å²) in [5.41, 5.74) is 0.770. The lowest BCUT2D eigenvalue weighted by Crippen LogP contribution is -2.22. The molecule has 0 fully saturated rings. The third-order valence-corrected chi connectivity index (χ3v) is 3.58. The van der Waals surface area contributed by atoms with E-state index in [1.54, 1.807) is 37.4 Å². The molecule has 1 heterocycles. The van der Waals surface area contributed by atoms with Crippen LogP contribution in [0.15, 0.2) is 54.6 Å². The van der Waals surface area contributed by atoms with Gasteiger partial charge in [0.15, 0.2) is 6.10 Å². The van der Waals surface area contributed by atoms with Crippen molar-refractivity contribution < 1.29 is 24.1 Å². The fourth-order valence-corrected chi connectivity index (χ4v) is 2.22. The number of hydrogen-bond donors (Lipinski definition) is 1. The van der Waals surface area contributed by atoms with Crippen LogP contribution in [0.4, 0.5) is 0 Å². The molecule has 0 bridgehead atoms. The van der Waals surface area contributed by atoms with Crippen LogP contribution in [0.2, 0.25) is 0 Å². The van der Waals surface area contributed by atoms with Crippen LogP contribution in [-0.4, -0.2) is 29.3 Å². The summed E-state index contributed by atoms with van der Waals surface area (Å²) in [6.07, 6.45) is -0.913. The summed E-state index contributed by atoms with van der Waals surface area (Å²) in [5, 5.41) is 9.84. The van der Waals surface area contributed by atoms with E-state index in [0.29, 0.717) is 17.4 Å². The largest absolute Gasteiger partial charge is 0.497 e. The summed E-state index contributed by atoms with van der Waals surface area (Å²) in [6.45, 7) is 1.47. The number of methoxy groups -OCH3 is 1. The van der Waals surface area contributed by atoms with Gasteiger partial charge in [-0.05, 0) is 49.4 Å². The molecule has 3 rings (SSSR count). The van der Waals surface area contributed by atoms with E-state index in [9.17, 15) is 4.79 Å². The molecule has 1 N–H and O–H groups in total. The maximum Gasteiger partial charge on any atom is 0.344 e. The lowest BCUT2D eigenvalue weighted by atomic mass is 10.2. The van der Waals surface area contributed by atoms with E-state index in [0.717, 1.165) is 16.7 Å². The van der Waals surface area contributed by atoms with Crippen LogP contribution in [-0.2, 0) is 4.79 Å². The van der Waals surface area contributed by atoms with Gasteiger partial charge < -0.3 is 19.3 Å². The van der Waals surface area contributed by atoms with E-state index in [2.05, 4.69) is 4.98 Å². The van der Waals surface area contributed by atoms with Gasteiger partial charge in [-0.25, -0.2) is 9.78 Å². The molecule has 6 nitrogen and oxygen atoms in total. The molecule has 0 aliphatic carbocycles. The van der Waals surface area contributed by atoms with Gasteiger partial charge in [-0.2, -0.15) is 0 Å². The number of aromatic nitrogens is 1. The highest BCUT2D eigenvalue weighted by molar-refractivity contribution is 5.80. The first-order chi connectivity index (χ1) is 12.0. The van der Waals surface area contributed by atoms with E-state index >= 15 is 0 Å². The van der Waals surface area contributed by atoms with E-state index in [1.165, 1.54) is 6.92 Å². The van der Waals surface area contributed by atoms with Crippen LogP contribution < -0.4 is 14.2 Å². The fraction of sp³-hybridized carbons (Fsp3) is 0.158. The number of nitrogens with zero attached hydrogens (tertiary/aromatic N) is 1. The average molecular weight is 339 g/mol. The predicted octanol–water partition coefficient (Wildman–Crippen LogP) is 3.89. The topological polar surface area (TPSA) is 77.9 Å². The Kier molecular flexibility index (Phi) is 4.70.